The molecule has 3 rings (SSSR count). The van der Waals surface area contributed by atoms with E-state index in [2.05, 4.69) is 15.5 Å². The van der Waals surface area contributed by atoms with Crippen LogP contribution in [0.5, 0.6) is 0 Å². The molecule has 2 aromatic carbocycles. The molecule has 0 bridgehead atoms. The van der Waals surface area contributed by atoms with Gasteiger partial charge in [0.15, 0.2) is 6.61 Å². The lowest BCUT2D eigenvalue weighted by atomic mass is 10.1. The lowest BCUT2D eigenvalue weighted by Crippen LogP contribution is -2.21. The van der Waals surface area contributed by atoms with Gasteiger partial charge in [0.05, 0.1) is 16.9 Å². The number of nitrogens with zero attached hydrogens (tertiary/aromatic N) is 2. The highest BCUT2D eigenvalue weighted by molar-refractivity contribution is 5.96. The lowest BCUT2D eigenvalue weighted by molar-refractivity contribution is -0.119. The molecule has 0 radical (unpaired) electrons. The summed E-state index contributed by atoms with van der Waals surface area (Å²) in [6.07, 6.45) is 0. The van der Waals surface area contributed by atoms with Crippen LogP contribution in [-0.4, -0.2) is 28.7 Å². The van der Waals surface area contributed by atoms with E-state index in [-0.39, 0.29) is 5.69 Å². The van der Waals surface area contributed by atoms with Crippen molar-refractivity contribution in [3.05, 3.63) is 71.4 Å². The quantitative estimate of drug-likeness (QED) is 0.680. The lowest BCUT2D eigenvalue weighted by Gasteiger charge is -2.07. The van der Waals surface area contributed by atoms with E-state index in [1.54, 1.807) is 30.3 Å². The van der Waals surface area contributed by atoms with E-state index >= 15 is 0 Å². The van der Waals surface area contributed by atoms with Gasteiger partial charge in [-0.05, 0) is 25.1 Å². The molecule has 0 aliphatic heterocycles. The average Bonchev–Trinajstić information content (AvgIpc) is 3.17. The molecular formula is C20H16N4O3. The number of anilines is 1. The average molecular weight is 360 g/mol. The van der Waals surface area contributed by atoms with Crippen LogP contribution in [0, 0.1) is 18.3 Å². The van der Waals surface area contributed by atoms with Gasteiger partial charge in [-0.3, -0.25) is 9.89 Å². The fourth-order valence-electron chi connectivity index (χ4n) is 2.38. The van der Waals surface area contributed by atoms with Crippen molar-refractivity contribution in [1.29, 1.82) is 5.26 Å². The van der Waals surface area contributed by atoms with Gasteiger partial charge in [-0.2, -0.15) is 10.4 Å². The number of aromatic nitrogens is 2. The predicted molar refractivity (Wildman–Crippen MR) is 98.8 cm³/mol. The van der Waals surface area contributed by atoms with Gasteiger partial charge in [0.1, 0.15) is 11.8 Å². The first-order chi connectivity index (χ1) is 13.1. The van der Waals surface area contributed by atoms with E-state index in [1.807, 2.05) is 37.3 Å². The Morgan fingerprint density at radius 1 is 1.19 bits per heavy atom. The number of esters is 1. The number of benzene rings is 2. The van der Waals surface area contributed by atoms with Crippen LogP contribution in [-0.2, 0) is 9.53 Å². The van der Waals surface area contributed by atoms with E-state index < -0.39 is 18.5 Å². The van der Waals surface area contributed by atoms with Crippen molar-refractivity contribution in [3.8, 4) is 17.3 Å². The van der Waals surface area contributed by atoms with Gasteiger partial charge in [0, 0.05) is 5.56 Å². The van der Waals surface area contributed by atoms with E-state index in [4.69, 9.17) is 10.00 Å². The number of hydrogen-bond donors (Lipinski definition) is 2. The van der Waals surface area contributed by atoms with E-state index in [0.29, 0.717) is 16.9 Å². The van der Waals surface area contributed by atoms with Crippen LogP contribution in [0.3, 0.4) is 0 Å². The number of H-pyrrole nitrogens is 1. The van der Waals surface area contributed by atoms with Crippen LogP contribution in [0.4, 0.5) is 5.69 Å². The van der Waals surface area contributed by atoms with Crippen molar-refractivity contribution in [2.24, 2.45) is 0 Å². The summed E-state index contributed by atoms with van der Waals surface area (Å²) in [5.41, 5.74) is 3.43. The predicted octanol–water partition coefficient (Wildman–Crippen LogP) is 3.05. The zero-order valence-electron chi connectivity index (χ0n) is 14.5. The third kappa shape index (κ3) is 4.38. The van der Waals surface area contributed by atoms with E-state index in [9.17, 15) is 9.59 Å². The number of nitrogens with one attached hydrogen (secondary N) is 2. The normalized spacial score (nSPS) is 10.1. The van der Waals surface area contributed by atoms with Crippen molar-refractivity contribution in [3.63, 3.8) is 0 Å². The van der Waals surface area contributed by atoms with Crippen LogP contribution in [0.25, 0.3) is 11.3 Å². The molecule has 1 heterocycles. The first kappa shape index (κ1) is 17.9. The summed E-state index contributed by atoms with van der Waals surface area (Å²) in [6.45, 7) is 1.51. The zero-order valence-corrected chi connectivity index (χ0v) is 14.5. The fraction of sp³-hybridized carbons (Fsp3) is 0.100. The highest BCUT2D eigenvalue weighted by Gasteiger charge is 2.15. The third-order valence-corrected chi connectivity index (χ3v) is 3.80. The molecule has 7 nitrogen and oxygen atoms in total. The summed E-state index contributed by atoms with van der Waals surface area (Å²) >= 11 is 0. The first-order valence-electron chi connectivity index (χ1n) is 8.15. The van der Waals surface area contributed by atoms with Crippen LogP contribution in [0.2, 0.25) is 0 Å². The van der Waals surface area contributed by atoms with Crippen molar-refractivity contribution in [1.82, 2.24) is 10.2 Å². The molecule has 0 aliphatic carbocycles. The number of rotatable bonds is 5. The SMILES string of the molecule is Cc1ccc(-c2cc(C(=O)OCC(=O)Nc3ccccc3C#N)[nH]n2)cc1. The van der Waals surface area contributed by atoms with Crippen LogP contribution >= 0.6 is 0 Å². The standard InChI is InChI=1S/C20H16N4O3/c1-13-6-8-14(9-7-13)17-10-18(24-23-17)20(26)27-12-19(25)22-16-5-3-2-4-15(16)11-21/h2-10H,12H2,1H3,(H,22,25)(H,23,24). The van der Waals surface area contributed by atoms with Crippen molar-refractivity contribution in [2.75, 3.05) is 11.9 Å². The summed E-state index contributed by atoms with van der Waals surface area (Å²) in [5, 5.41) is 18.3. The summed E-state index contributed by atoms with van der Waals surface area (Å²) < 4.78 is 5.00. The Bertz CT molecular complexity index is 1020. The maximum absolute atomic E-state index is 12.1. The topological polar surface area (TPSA) is 108 Å². The smallest absolute Gasteiger partial charge is 0.356 e. The minimum absolute atomic E-state index is 0.149. The Kier molecular flexibility index (Phi) is 5.28. The number of carbonyl (C=O) groups is 2. The van der Waals surface area contributed by atoms with Gasteiger partial charge in [0.25, 0.3) is 5.91 Å². The molecule has 2 N–H and O–H groups in total. The van der Waals surface area contributed by atoms with Crippen molar-refractivity contribution in [2.45, 2.75) is 6.92 Å². The van der Waals surface area contributed by atoms with Crippen molar-refractivity contribution < 1.29 is 14.3 Å². The zero-order chi connectivity index (χ0) is 19.2. The number of aromatic amines is 1. The minimum atomic E-state index is -0.690. The molecule has 134 valence electrons. The first-order valence-corrected chi connectivity index (χ1v) is 8.15. The Balaban J connectivity index is 1.59. The highest BCUT2D eigenvalue weighted by Crippen LogP contribution is 2.18. The molecule has 0 atom stereocenters. The number of carbonyl (C=O) groups excluding carboxylic acids is 2. The molecule has 0 saturated carbocycles. The Labute approximate surface area is 155 Å². The Hall–Kier alpha value is -3.92. The van der Waals surface area contributed by atoms with Gasteiger partial charge in [-0.1, -0.05) is 42.0 Å². The Morgan fingerprint density at radius 3 is 2.67 bits per heavy atom. The summed E-state index contributed by atoms with van der Waals surface area (Å²) in [4.78, 5) is 24.0. The number of amides is 1. The second kappa shape index (κ2) is 7.97. The van der Waals surface area contributed by atoms with Crippen LogP contribution in [0.1, 0.15) is 21.6 Å². The van der Waals surface area contributed by atoms with Crippen LogP contribution < -0.4 is 5.32 Å². The number of para-hydroxylation sites is 1. The third-order valence-electron chi connectivity index (χ3n) is 3.80. The Morgan fingerprint density at radius 2 is 1.93 bits per heavy atom. The number of hydrogen-bond acceptors (Lipinski definition) is 5. The maximum atomic E-state index is 12.1. The molecular weight excluding hydrogens is 344 g/mol. The van der Waals surface area contributed by atoms with Gasteiger partial charge in [0.2, 0.25) is 0 Å². The minimum Gasteiger partial charge on any atom is -0.451 e. The molecule has 0 aliphatic rings. The van der Waals surface area contributed by atoms with Gasteiger partial charge < -0.3 is 10.1 Å². The molecule has 0 unspecified atom stereocenters. The highest BCUT2D eigenvalue weighted by atomic mass is 16.5. The molecule has 1 amide bonds. The fourth-order valence-corrected chi connectivity index (χ4v) is 2.38. The molecule has 3 aromatic rings. The van der Waals surface area contributed by atoms with E-state index in [0.717, 1.165) is 11.1 Å². The second-order valence-corrected chi connectivity index (χ2v) is 5.81. The number of aryl methyl sites for hydroxylation is 1. The van der Waals surface area contributed by atoms with Crippen LogP contribution in [0.15, 0.2) is 54.6 Å². The largest absolute Gasteiger partial charge is 0.451 e. The molecule has 0 spiro atoms. The maximum Gasteiger partial charge on any atom is 0.356 e. The van der Waals surface area contributed by atoms with Crippen molar-refractivity contribution >= 4 is 17.6 Å². The van der Waals surface area contributed by atoms with Gasteiger partial charge in [-0.25, -0.2) is 4.79 Å². The molecule has 0 saturated heterocycles. The number of ether oxygens (including phenoxy) is 1. The molecule has 27 heavy (non-hydrogen) atoms. The summed E-state index contributed by atoms with van der Waals surface area (Å²) in [7, 11) is 0. The van der Waals surface area contributed by atoms with Gasteiger partial charge in [-0.15, -0.1) is 0 Å². The molecule has 7 heteroatoms. The molecule has 0 fully saturated rings. The van der Waals surface area contributed by atoms with Gasteiger partial charge >= 0.3 is 5.97 Å². The second-order valence-electron chi connectivity index (χ2n) is 5.81. The van der Waals surface area contributed by atoms with E-state index in [1.165, 1.54) is 0 Å². The summed E-state index contributed by atoms with van der Waals surface area (Å²) in [6, 6.07) is 17.8. The molecule has 1 aromatic heterocycles. The monoisotopic (exact) mass is 360 g/mol. The summed E-state index contributed by atoms with van der Waals surface area (Å²) in [5.74, 6) is -1.23. The number of nitriles is 1.